The number of rotatable bonds is 4. The number of pyridine rings is 1. The predicted molar refractivity (Wildman–Crippen MR) is 97.3 cm³/mol. The van der Waals surface area contributed by atoms with E-state index in [0.717, 1.165) is 31.1 Å². The van der Waals surface area contributed by atoms with Crippen LogP contribution >= 0.6 is 0 Å². The maximum atomic E-state index is 6.04. The Morgan fingerprint density at radius 1 is 0.958 bits per heavy atom. The molecule has 0 aliphatic carbocycles. The smallest absolute Gasteiger partial charge is 0.127 e. The van der Waals surface area contributed by atoms with Gasteiger partial charge in [0.15, 0.2) is 0 Å². The number of nitrogens with zero attached hydrogens (tertiary/aromatic N) is 3. The van der Waals surface area contributed by atoms with Gasteiger partial charge in [0.05, 0.1) is 0 Å². The van der Waals surface area contributed by atoms with Crippen LogP contribution in [0.15, 0.2) is 48.7 Å². The van der Waals surface area contributed by atoms with Crippen molar-refractivity contribution < 1.29 is 0 Å². The molecule has 126 valence electrons. The Morgan fingerprint density at radius 2 is 1.83 bits per heavy atom. The minimum absolute atomic E-state index is 0.654. The van der Waals surface area contributed by atoms with E-state index in [1.54, 1.807) is 6.20 Å². The van der Waals surface area contributed by atoms with Gasteiger partial charge < -0.3 is 5.73 Å². The topological polar surface area (TPSA) is 45.4 Å². The molecule has 3 saturated heterocycles. The lowest BCUT2D eigenvalue weighted by molar-refractivity contribution is 0.123. The van der Waals surface area contributed by atoms with Gasteiger partial charge in [-0.15, -0.1) is 0 Å². The lowest BCUT2D eigenvalue weighted by Crippen LogP contribution is -2.43. The summed E-state index contributed by atoms with van der Waals surface area (Å²) in [6.45, 7) is 5.53. The number of anilines is 1. The highest BCUT2D eigenvalue weighted by Gasteiger charge is 2.34. The first-order chi connectivity index (χ1) is 11.8. The lowest BCUT2D eigenvalue weighted by atomic mass is 9.94. The van der Waals surface area contributed by atoms with Crippen molar-refractivity contribution in [2.75, 3.05) is 25.4 Å². The Bertz CT molecular complexity index is 672. The molecular weight excluding hydrogens is 296 g/mol. The van der Waals surface area contributed by atoms with E-state index in [0.29, 0.717) is 11.9 Å². The highest BCUT2D eigenvalue weighted by molar-refractivity contribution is 5.38. The van der Waals surface area contributed by atoms with Crippen molar-refractivity contribution in [1.82, 2.24) is 14.8 Å². The molecule has 3 aliphatic rings. The highest BCUT2D eigenvalue weighted by atomic mass is 15.3. The third-order valence-corrected chi connectivity index (χ3v) is 5.45. The summed E-state index contributed by atoms with van der Waals surface area (Å²) in [6.07, 6.45) is 4.44. The fourth-order valence-corrected chi connectivity index (χ4v) is 4.24. The molecule has 2 N–H and O–H groups in total. The van der Waals surface area contributed by atoms with E-state index < -0.39 is 0 Å². The van der Waals surface area contributed by atoms with E-state index >= 15 is 0 Å². The van der Waals surface area contributed by atoms with Gasteiger partial charge in [0.2, 0.25) is 0 Å². The van der Waals surface area contributed by atoms with E-state index in [1.165, 1.54) is 31.5 Å². The molecular formula is C20H26N4. The van der Waals surface area contributed by atoms with Gasteiger partial charge >= 0.3 is 0 Å². The van der Waals surface area contributed by atoms with E-state index in [1.807, 2.05) is 6.07 Å². The van der Waals surface area contributed by atoms with Crippen LogP contribution < -0.4 is 5.73 Å². The Kier molecular flexibility index (Phi) is 4.50. The average molecular weight is 322 g/mol. The molecule has 2 bridgehead atoms. The maximum Gasteiger partial charge on any atom is 0.127 e. The first-order valence-corrected chi connectivity index (χ1v) is 8.97. The number of piperidine rings is 1. The fourth-order valence-electron chi connectivity index (χ4n) is 4.24. The van der Waals surface area contributed by atoms with Crippen molar-refractivity contribution in [3.05, 3.63) is 59.8 Å². The second kappa shape index (κ2) is 6.91. The summed E-state index contributed by atoms with van der Waals surface area (Å²) in [6, 6.07) is 15.6. The number of nitrogens with two attached hydrogens (primary N) is 1. The van der Waals surface area contributed by atoms with Crippen molar-refractivity contribution in [1.29, 1.82) is 0 Å². The van der Waals surface area contributed by atoms with Crippen LogP contribution in [-0.2, 0) is 13.1 Å². The molecule has 2 atom stereocenters. The van der Waals surface area contributed by atoms with Crippen LogP contribution in [0, 0.1) is 5.92 Å². The van der Waals surface area contributed by atoms with Crippen molar-refractivity contribution in [2.24, 2.45) is 5.92 Å². The summed E-state index contributed by atoms with van der Waals surface area (Å²) in [4.78, 5) is 9.51. The molecule has 2 aromatic rings. The van der Waals surface area contributed by atoms with E-state index in [2.05, 4.69) is 51.2 Å². The molecule has 4 nitrogen and oxygen atoms in total. The number of fused-ring (bicyclic) bond motifs is 4. The van der Waals surface area contributed by atoms with Crippen LogP contribution in [0.4, 0.5) is 5.82 Å². The quantitative estimate of drug-likeness (QED) is 0.940. The van der Waals surface area contributed by atoms with Crippen molar-refractivity contribution in [3.63, 3.8) is 0 Å². The molecule has 4 heterocycles. The fraction of sp³-hybridized carbons (Fsp3) is 0.450. The summed E-state index contributed by atoms with van der Waals surface area (Å²) in [7, 11) is 0. The molecule has 0 unspecified atom stereocenters. The van der Waals surface area contributed by atoms with Gasteiger partial charge in [-0.1, -0.05) is 36.4 Å². The molecule has 0 spiro atoms. The maximum absolute atomic E-state index is 6.04. The Morgan fingerprint density at radius 3 is 2.67 bits per heavy atom. The standard InChI is InChI=1S/C20H26N4/c21-20-18(7-4-10-22-20)14-23-11-17-8-9-19(15-23)24(13-17)12-16-5-2-1-3-6-16/h1-7,10,17,19H,8-9,11-15H2,(H2,21,22)/t17-,19+/m0/s1. The van der Waals surface area contributed by atoms with Gasteiger partial charge in [0.1, 0.15) is 5.82 Å². The first kappa shape index (κ1) is 15.6. The third kappa shape index (κ3) is 3.45. The van der Waals surface area contributed by atoms with Crippen LogP contribution in [-0.4, -0.2) is 40.5 Å². The predicted octanol–water partition coefficient (Wildman–Crippen LogP) is 2.76. The number of hydrogen-bond donors (Lipinski definition) is 1. The molecule has 24 heavy (non-hydrogen) atoms. The van der Waals surface area contributed by atoms with Crippen LogP contribution in [0.25, 0.3) is 0 Å². The molecule has 0 amide bonds. The van der Waals surface area contributed by atoms with Crippen molar-refractivity contribution in [2.45, 2.75) is 32.0 Å². The van der Waals surface area contributed by atoms with E-state index in [-0.39, 0.29) is 0 Å². The SMILES string of the molecule is Nc1ncccc1CN1C[C@@H]2CC[C@H](C1)N(Cc1ccccc1)C2. The number of hydrogen-bond acceptors (Lipinski definition) is 4. The molecule has 3 aliphatic heterocycles. The summed E-state index contributed by atoms with van der Waals surface area (Å²) < 4.78 is 0. The monoisotopic (exact) mass is 322 g/mol. The van der Waals surface area contributed by atoms with E-state index in [4.69, 9.17) is 5.73 Å². The highest BCUT2D eigenvalue weighted by Crippen LogP contribution is 2.30. The zero-order valence-electron chi connectivity index (χ0n) is 14.1. The van der Waals surface area contributed by atoms with Gasteiger partial charge in [-0.25, -0.2) is 4.98 Å². The van der Waals surface area contributed by atoms with Gasteiger partial charge in [-0.2, -0.15) is 0 Å². The minimum Gasteiger partial charge on any atom is -0.383 e. The lowest BCUT2D eigenvalue weighted by Gasteiger charge is -2.36. The second-order valence-corrected chi connectivity index (χ2v) is 7.25. The Labute approximate surface area is 144 Å². The summed E-state index contributed by atoms with van der Waals surface area (Å²) in [5.41, 5.74) is 8.63. The van der Waals surface area contributed by atoms with Gasteiger partial charge in [0.25, 0.3) is 0 Å². The van der Waals surface area contributed by atoms with Crippen LogP contribution in [0.2, 0.25) is 0 Å². The van der Waals surface area contributed by atoms with E-state index in [9.17, 15) is 0 Å². The van der Waals surface area contributed by atoms with Crippen LogP contribution in [0.5, 0.6) is 0 Å². The molecule has 1 aromatic carbocycles. The van der Waals surface area contributed by atoms with Crippen LogP contribution in [0.3, 0.4) is 0 Å². The second-order valence-electron chi connectivity index (χ2n) is 7.25. The van der Waals surface area contributed by atoms with Gasteiger partial charge in [-0.05, 0) is 30.4 Å². The van der Waals surface area contributed by atoms with Crippen molar-refractivity contribution in [3.8, 4) is 0 Å². The minimum atomic E-state index is 0.654. The van der Waals surface area contributed by atoms with Crippen molar-refractivity contribution >= 4 is 5.82 Å². The molecule has 3 fully saturated rings. The number of benzene rings is 1. The first-order valence-electron chi connectivity index (χ1n) is 8.97. The molecule has 5 rings (SSSR count). The third-order valence-electron chi connectivity index (χ3n) is 5.45. The molecule has 0 saturated carbocycles. The Balaban J connectivity index is 1.45. The molecule has 0 radical (unpaired) electrons. The average Bonchev–Trinajstić information content (AvgIpc) is 2.88. The molecule has 4 heteroatoms. The zero-order chi connectivity index (χ0) is 16.4. The summed E-state index contributed by atoms with van der Waals surface area (Å²) >= 11 is 0. The normalized spacial score (nSPS) is 24.8. The number of nitrogen functional groups attached to an aromatic ring is 1. The Hall–Kier alpha value is -1.91. The molecule has 1 aromatic heterocycles. The summed E-state index contributed by atoms with van der Waals surface area (Å²) in [5, 5.41) is 0. The van der Waals surface area contributed by atoms with Gasteiger partial charge in [0, 0.05) is 50.5 Å². The van der Waals surface area contributed by atoms with Gasteiger partial charge in [-0.3, -0.25) is 9.80 Å². The van der Waals surface area contributed by atoms with Crippen LogP contribution in [0.1, 0.15) is 24.0 Å². The zero-order valence-corrected chi connectivity index (χ0v) is 14.1. The summed E-state index contributed by atoms with van der Waals surface area (Å²) in [5.74, 6) is 1.44. The largest absolute Gasteiger partial charge is 0.383 e. The number of aromatic nitrogens is 1.